The van der Waals surface area contributed by atoms with Crippen molar-refractivity contribution in [3.63, 3.8) is 0 Å². The molecule has 9 heteroatoms. The van der Waals surface area contributed by atoms with E-state index in [2.05, 4.69) is 26.6 Å². The minimum absolute atomic E-state index is 0.0244. The SMILES string of the molecule is O=C1Nc2ccc(Br)cc2/C1=C1/NC(=S)N(C(Cc2ccccc2)C(=O)O)C1=O. The summed E-state index contributed by atoms with van der Waals surface area (Å²) in [6, 6.07) is 13.0. The Morgan fingerprint density at radius 2 is 1.86 bits per heavy atom. The molecule has 4 rings (SSSR count). The first-order valence-electron chi connectivity index (χ1n) is 8.63. The molecule has 3 N–H and O–H groups in total. The lowest BCUT2D eigenvalue weighted by molar-refractivity contribution is -0.145. The highest BCUT2D eigenvalue weighted by Crippen LogP contribution is 2.37. The Morgan fingerprint density at radius 1 is 1.14 bits per heavy atom. The van der Waals surface area contributed by atoms with Gasteiger partial charge in [0.05, 0.1) is 5.57 Å². The molecule has 0 saturated carbocycles. The monoisotopic (exact) mass is 471 g/mol. The number of benzene rings is 2. The molecule has 1 atom stereocenters. The summed E-state index contributed by atoms with van der Waals surface area (Å²) >= 11 is 8.62. The summed E-state index contributed by atoms with van der Waals surface area (Å²) in [6.45, 7) is 0. The molecule has 0 bridgehead atoms. The summed E-state index contributed by atoms with van der Waals surface area (Å²) in [5, 5.41) is 15.2. The molecular weight excluding hydrogens is 458 g/mol. The number of carbonyl (C=O) groups excluding carboxylic acids is 2. The molecule has 1 fully saturated rings. The van der Waals surface area contributed by atoms with Crippen LogP contribution in [0, 0.1) is 0 Å². The molecule has 1 unspecified atom stereocenters. The second-order valence-corrected chi connectivity index (χ2v) is 7.85. The molecule has 29 heavy (non-hydrogen) atoms. The van der Waals surface area contributed by atoms with Crippen LogP contribution in [0.25, 0.3) is 5.57 Å². The zero-order valence-corrected chi connectivity index (χ0v) is 17.2. The highest BCUT2D eigenvalue weighted by molar-refractivity contribution is 9.10. The largest absolute Gasteiger partial charge is 0.480 e. The van der Waals surface area contributed by atoms with Gasteiger partial charge in [-0.1, -0.05) is 46.3 Å². The lowest BCUT2D eigenvalue weighted by Crippen LogP contribution is -2.46. The van der Waals surface area contributed by atoms with Gasteiger partial charge in [0.1, 0.15) is 11.7 Å². The molecule has 0 aromatic heterocycles. The lowest BCUT2D eigenvalue weighted by Gasteiger charge is -2.22. The molecule has 2 aromatic rings. The highest BCUT2D eigenvalue weighted by atomic mass is 79.9. The van der Waals surface area contributed by atoms with Crippen molar-refractivity contribution in [3.8, 4) is 0 Å². The minimum Gasteiger partial charge on any atom is -0.480 e. The van der Waals surface area contributed by atoms with Crippen LogP contribution < -0.4 is 10.6 Å². The maximum absolute atomic E-state index is 13.1. The lowest BCUT2D eigenvalue weighted by atomic mass is 10.0. The normalized spacial score (nSPS) is 19.1. The van der Waals surface area contributed by atoms with Gasteiger partial charge in [0, 0.05) is 22.1 Å². The third-order valence-electron chi connectivity index (χ3n) is 4.73. The van der Waals surface area contributed by atoms with E-state index < -0.39 is 23.8 Å². The Morgan fingerprint density at radius 3 is 2.55 bits per heavy atom. The molecule has 0 radical (unpaired) electrons. The maximum Gasteiger partial charge on any atom is 0.327 e. The van der Waals surface area contributed by atoms with E-state index in [9.17, 15) is 19.5 Å². The molecule has 146 valence electrons. The fraction of sp³-hybridized carbons (Fsp3) is 0.100. The first-order valence-corrected chi connectivity index (χ1v) is 9.83. The third-order valence-corrected chi connectivity index (χ3v) is 5.52. The van der Waals surface area contributed by atoms with Gasteiger partial charge in [0.25, 0.3) is 11.8 Å². The van der Waals surface area contributed by atoms with Gasteiger partial charge in [-0.15, -0.1) is 0 Å². The van der Waals surface area contributed by atoms with Crippen LogP contribution in [0.4, 0.5) is 5.69 Å². The Balaban J connectivity index is 1.74. The quantitative estimate of drug-likeness (QED) is 0.468. The summed E-state index contributed by atoms with van der Waals surface area (Å²) in [6.07, 6.45) is 0.0840. The standard InChI is InChI=1S/C20H14BrN3O4S/c21-11-6-7-13-12(9-11)15(17(25)22-13)16-18(26)24(20(29)23-16)14(19(27)28)8-10-4-2-1-3-5-10/h1-7,9,14H,8H2,(H,22,25)(H,23,29)(H,27,28)/b16-15-. The molecule has 0 aliphatic carbocycles. The van der Waals surface area contributed by atoms with Gasteiger partial charge in [0.15, 0.2) is 5.11 Å². The second kappa shape index (κ2) is 7.41. The van der Waals surface area contributed by atoms with Crippen LogP contribution in [0.2, 0.25) is 0 Å². The average Bonchev–Trinajstić information content (AvgIpc) is 3.15. The minimum atomic E-state index is -1.20. The molecule has 2 aliphatic heterocycles. The van der Waals surface area contributed by atoms with Gasteiger partial charge in [0.2, 0.25) is 0 Å². The van der Waals surface area contributed by atoms with Gasteiger partial charge in [-0.2, -0.15) is 0 Å². The Labute approximate surface area is 179 Å². The Bertz CT molecular complexity index is 1100. The predicted molar refractivity (Wildman–Crippen MR) is 114 cm³/mol. The summed E-state index contributed by atoms with van der Waals surface area (Å²) in [5.41, 5.74) is 1.98. The number of carboxylic acids is 1. The van der Waals surface area contributed by atoms with E-state index in [0.717, 1.165) is 14.9 Å². The number of fused-ring (bicyclic) bond motifs is 1. The van der Waals surface area contributed by atoms with Crippen molar-refractivity contribution in [2.45, 2.75) is 12.5 Å². The van der Waals surface area contributed by atoms with E-state index in [1.54, 1.807) is 42.5 Å². The van der Waals surface area contributed by atoms with Crippen LogP contribution in [0.3, 0.4) is 0 Å². The first kappa shape index (κ1) is 19.3. The van der Waals surface area contributed by atoms with Crippen LogP contribution >= 0.6 is 28.1 Å². The molecule has 0 spiro atoms. The third kappa shape index (κ3) is 3.43. The smallest absolute Gasteiger partial charge is 0.327 e. The van der Waals surface area contributed by atoms with Crippen molar-refractivity contribution < 1.29 is 19.5 Å². The van der Waals surface area contributed by atoms with E-state index in [4.69, 9.17) is 12.2 Å². The zero-order valence-electron chi connectivity index (χ0n) is 14.8. The van der Waals surface area contributed by atoms with Gasteiger partial charge in [-0.3, -0.25) is 14.5 Å². The van der Waals surface area contributed by atoms with E-state index >= 15 is 0 Å². The molecule has 2 heterocycles. The number of hydrogen-bond acceptors (Lipinski definition) is 4. The van der Waals surface area contributed by atoms with E-state index in [1.165, 1.54) is 0 Å². The summed E-state index contributed by atoms with van der Waals surface area (Å²) < 4.78 is 0.739. The number of amides is 2. The van der Waals surface area contributed by atoms with Crippen LogP contribution in [-0.2, 0) is 20.8 Å². The second-order valence-electron chi connectivity index (χ2n) is 6.54. The molecular formula is C20H14BrN3O4S. The molecule has 2 aliphatic rings. The number of anilines is 1. The van der Waals surface area contributed by atoms with Crippen molar-refractivity contribution in [1.29, 1.82) is 0 Å². The Hall–Kier alpha value is -3.04. The van der Waals surface area contributed by atoms with Gasteiger partial charge >= 0.3 is 5.97 Å². The number of hydrogen-bond donors (Lipinski definition) is 3. The molecule has 2 aromatic carbocycles. The summed E-state index contributed by atoms with van der Waals surface area (Å²) in [5.74, 6) is -2.28. The number of halogens is 1. The predicted octanol–water partition coefficient (Wildman–Crippen LogP) is 2.52. The van der Waals surface area contributed by atoms with Crippen molar-refractivity contribution in [3.05, 3.63) is 69.8 Å². The molecule has 7 nitrogen and oxygen atoms in total. The van der Waals surface area contributed by atoms with E-state index in [1.807, 2.05) is 6.07 Å². The van der Waals surface area contributed by atoms with E-state index in [-0.39, 0.29) is 22.8 Å². The fourth-order valence-corrected chi connectivity index (χ4v) is 4.07. The van der Waals surface area contributed by atoms with E-state index in [0.29, 0.717) is 11.3 Å². The van der Waals surface area contributed by atoms with Crippen molar-refractivity contribution >= 4 is 62.3 Å². The number of nitrogens with one attached hydrogen (secondary N) is 2. The molecule has 1 saturated heterocycles. The van der Waals surface area contributed by atoms with Crippen molar-refractivity contribution in [2.24, 2.45) is 0 Å². The van der Waals surface area contributed by atoms with Crippen LogP contribution in [0.15, 0.2) is 58.7 Å². The zero-order chi connectivity index (χ0) is 20.7. The maximum atomic E-state index is 13.1. The summed E-state index contributed by atoms with van der Waals surface area (Å²) in [4.78, 5) is 38.6. The average molecular weight is 472 g/mol. The van der Waals surface area contributed by atoms with Crippen LogP contribution in [0.5, 0.6) is 0 Å². The Kier molecular flexibility index (Phi) is 4.93. The fourth-order valence-electron chi connectivity index (χ4n) is 3.40. The van der Waals surface area contributed by atoms with Gasteiger partial charge < -0.3 is 15.7 Å². The van der Waals surface area contributed by atoms with Gasteiger partial charge in [-0.05, 0) is 36.0 Å². The topological polar surface area (TPSA) is 98.7 Å². The summed E-state index contributed by atoms with van der Waals surface area (Å²) in [7, 11) is 0. The number of nitrogens with zero attached hydrogens (tertiary/aromatic N) is 1. The molecule has 2 amide bonds. The van der Waals surface area contributed by atoms with Crippen LogP contribution in [0.1, 0.15) is 11.1 Å². The number of carbonyl (C=O) groups is 3. The number of rotatable bonds is 4. The highest BCUT2D eigenvalue weighted by Gasteiger charge is 2.43. The number of thiocarbonyl (C=S) groups is 1. The van der Waals surface area contributed by atoms with Crippen molar-refractivity contribution in [1.82, 2.24) is 10.2 Å². The van der Waals surface area contributed by atoms with Crippen LogP contribution in [-0.4, -0.2) is 38.9 Å². The van der Waals surface area contributed by atoms with Gasteiger partial charge in [-0.25, -0.2) is 4.79 Å². The number of carboxylic acid groups (broad SMARTS) is 1. The number of aliphatic carboxylic acids is 1. The van der Waals surface area contributed by atoms with Crippen molar-refractivity contribution in [2.75, 3.05) is 5.32 Å². The first-order chi connectivity index (χ1) is 13.9.